The summed E-state index contributed by atoms with van der Waals surface area (Å²) in [6, 6.07) is 3.07. The van der Waals surface area contributed by atoms with Crippen LogP contribution in [0.5, 0.6) is 0 Å². The third kappa shape index (κ3) is 3.56. The standard InChI is InChI=1S/C5H5ClO2S2.C2H6/c1-10(7,8)5-3-2-4(6)9-5;1-2/h2-3H,1H3;1-2H3. The maximum absolute atomic E-state index is 10.8. The van der Waals surface area contributed by atoms with E-state index in [2.05, 4.69) is 0 Å². The third-order valence-corrected chi connectivity index (χ3v) is 3.97. The van der Waals surface area contributed by atoms with E-state index in [4.69, 9.17) is 11.6 Å². The molecule has 0 aliphatic rings. The number of halogens is 1. The van der Waals surface area contributed by atoms with Crippen molar-refractivity contribution in [2.75, 3.05) is 6.26 Å². The van der Waals surface area contributed by atoms with E-state index in [-0.39, 0.29) is 0 Å². The van der Waals surface area contributed by atoms with Gasteiger partial charge in [-0.2, -0.15) is 0 Å². The van der Waals surface area contributed by atoms with Crippen LogP contribution in [0.1, 0.15) is 13.8 Å². The fraction of sp³-hybridized carbons (Fsp3) is 0.429. The van der Waals surface area contributed by atoms with E-state index >= 15 is 0 Å². The van der Waals surface area contributed by atoms with Gasteiger partial charge < -0.3 is 0 Å². The minimum absolute atomic E-state index is 0.317. The van der Waals surface area contributed by atoms with Crippen LogP contribution >= 0.6 is 22.9 Å². The lowest BCUT2D eigenvalue weighted by atomic mass is 10.7. The number of rotatable bonds is 1. The van der Waals surface area contributed by atoms with E-state index in [0.717, 1.165) is 17.6 Å². The van der Waals surface area contributed by atoms with Gasteiger partial charge in [-0.3, -0.25) is 0 Å². The first-order valence-electron chi connectivity index (χ1n) is 3.45. The number of thiophene rings is 1. The largest absolute Gasteiger partial charge is 0.223 e. The number of sulfone groups is 1. The molecule has 0 saturated carbocycles. The predicted octanol–water partition coefficient (Wildman–Crippen LogP) is 2.83. The van der Waals surface area contributed by atoms with Crippen LogP contribution in [0.15, 0.2) is 16.3 Å². The molecular formula is C7H11ClO2S2. The highest BCUT2D eigenvalue weighted by Gasteiger charge is 2.08. The zero-order valence-corrected chi connectivity index (χ0v) is 9.55. The lowest BCUT2D eigenvalue weighted by molar-refractivity contribution is 0.604. The van der Waals surface area contributed by atoms with Crippen molar-refractivity contribution in [2.45, 2.75) is 18.1 Å². The van der Waals surface area contributed by atoms with Gasteiger partial charge in [0.2, 0.25) is 0 Å². The van der Waals surface area contributed by atoms with Gasteiger partial charge in [0.1, 0.15) is 4.21 Å². The topological polar surface area (TPSA) is 34.1 Å². The molecule has 0 saturated heterocycles. The summed E-state index contributed by atoms with van der Waals surface area (Å²) in [6.07, 6.45) is 1.16. The molecule has 2 nitrogen and oxygen atoms in total. The Hall–Kier alpha value is -0.0600. The van der Waals surface area contributed by atoms with Gasteiger partial charge in [0.15, 0.2) is 9.84 Å². The van der Waals surface area contributed by atoms with Crippen molar-refractivity contribution in [3.8, 4) is 0 Å². The van der Waals surface area contributed by atoms with Gasteiger partial charge >= 0.3 is 0 Å². The van der Waals surface area contributed by atoms with E-state index in [0.29, 0.717) is 8.55 Å². The summed E-state index contributed by atoms with van der Waals surface area (Å²) in [4.78, 5) is 0. The zero-order chi connectivity index (χ0) is 9.78. The normalized spacial score (nSPS) is 10.3. The van der Waals surface area contributed by atoms with E-state index in [9.17, 15) is 8.42 Å². The average Bonchev–Trinajstić information content (AvgIpc) is 2.39. The maximum Gasteiger partial charge on any atom is 0.184 e. The molecule has 1 aromatic rings. The van der Waals surface area contributed by atoms with Gasteiger partial charge in [0.05, 0.1) is 4.34 Å². The summed E-state index contributed by atoms with van der Waals surface area (Å²) in [7, 11) is -3.05. The van der Waals surface area contributed by atoms with Crippen LogP contribution < -0.4 is 0 Å². The summed E-state index contributed by atoms with van der Waals surface area (Å²) in [6.45, 7) is 4.00. The van der Waals surface area contributed by atoms with Crippen LogP contribution in [0.3, 0.4) is 0 Å². The van der Waals surface area contributed by atoms with Crippen molar-refractivity contribution in [2.24, 2.45) is 0 Å². The molecule has 70 valence electrons. The molecule has 0 fully saturated rings. The molecule has 0 aliphatic heterocycles. The lowest BCUT2D eigenvalue weighted by Crippen LogP contribution is -1.91. The van der Waals surface area contributed by atoms with E-state index in [1.165, 1.54) is 6.07 Å². The second-order valence-corrected chi connectivity index (χ2v) is 5.79. The van der Waals surface area contributed by atoms with Crippen LogP contribution in [-0.2, 0) is 9.84 Å². The van der Waals surface area contributed by atoms with E-state index in [1.54, 1.807) is 6.07 Å². The average molecular weight is 227 g/mol. The molecule has 1 heterocycles. The van der Waals surface area contributed by atoms with Gasteiger partial charge in [-0.15, -0.1) is 11.3 Å². The minimum atomic E-state index is -3.05. The van der Waals surface area contributed by atoms with Crippen molar-refractivity contribution in [1.29, 1.82) is 0 Å². The van der Waals surface area contributed by atoms with Gasteiger partial charge in [0.25, 0.3) is 0 Å². The Morgan fingerprint density at radius 2 is 1.83 bits per heavy atom. The second-order valence-electron chi connectivity index (χ2n) is 1.83. The van der Waals surface area contributed by atoms with Crippen molar-refractivity contribution in [1.82, 2.24) is 0 Å². The summed E-state index contributed by atoms with van der Waals surface area (Å²) < 4.78 is 22.4. The van der Waals surface area contributed by atoms with Crippen LogP contribution in [0.2, 0.25) is 4.34 Å². The molecule has 0 radical (unpaired) electrons. The monoisotopic (exact) mass is 226 g/mol. The highest BCUT2D eigenvalue weighted by molar-refractivity contribution is 7.92. The molecule has 0 N–H and O–H groups in total. The molecule has 5 heteroatoms. The Bertz CT molecular complexity index is 327. The Morgan fingerprint density at radius 1 is 1.33 bits per heavy atom. The Morgan fingerprint density at radius 3 is 2.00 bits per heavy atom. The highest BCUT2D eigenvalue weighted by Crippen LogP contribution is 2.24. The molecule has 0 bridgehead atoms. The Kier molecular flexibility index (Phi) is 4.82. The smallest absolute Gasteiger partial charge is 0.184 e. The van der Waals surface area contributed by atoms with Gasteiger partial charge in [-0.1, -0.05) is 25.4 Å². The lowest BCUT2D eigenvalue weighted by Gasteiger charge is -1.86. The molecule has 0 atom stereocenters. The molecule has 1 aromatic heterocycles. The SMILES string of the molecule is CC.CS(=O)(=O)c1ccc(Cl)s1. The Labute approximate surface area is 82.1 Å². The molecule has 0 unspecified atom stereocenters. The van der Waals surface area contributed by atoms with Gasteiger partial charge in [-0.05, 0) is 12.1 Å². The quantitative estimate of drug-likeness (QED) is 0.738. The first kappa shape index (κ1) is 11.9. The number of hydrogen-bond acceptors (Lipinski definition) is 3. The molecule has 0 spiro atoms. The van der Waals surface area contributed by atoms with Crippen LogP contribution in [-0.4, -0.2) is 14.7 Å². The summed E-state index contributed by atoms with van der Waals surface area (Å²) in [5.74, 6) is 0. The van der Waals surface area contributed by atoms with E-state index < -0.39 is 9.84 Å². The predicted molar refractivity (Wildman–Crippen MR) is 53.8 cm³/mol. The second kappa shape index (κ2) is 4.84. The molecule has 0 aliphatic carbocycles. The van der Waals surface area contributed by atoms with Crippen LogP contribution in [0, 0.1) is 0 Å². The van der Waals surface area contributed by atoms with Crippen molar-refractivity contribution < 1.29 is 8.42 Å². The third-order valence-electron chi connectivity index (χ3n) is 0.914. The minimum Gasteiger partial charge on any atom is -0.223 e. The highest BCUT2D eigenvalue weighted by atomic mass is 35.5. The first-order chi connectivity index (χ1) is 5.50. The molecular weight excluding hydrogens is 216 g/mol. The number of hydrogen-bond donors (Lipinski definition) is 0. The van der Waals surface area contributed by atoms with Crippen LogP contribution in [0.4, 0.5) is 0 Å². The van der Waals surface area contributed by atoms with Gasteiger partial charge in [-0.25, -0.2) is 8.42 Å². The summed E-state index contributed by atoms with van der Waals surface area (Å²) in [5, 5.41) is 0. The van der Waals surface area contributed by atoms with E-state index in [1.807, 2.05) is 13.8 Å². The summed E-state index contributed by atoms with van der Waals surface area (Å²) in [5.41, 5.74) is 0. The fourth-order valence-electron chi connectivity index (χ4n) is 0.497. The maximum atomic E-state index is 10.8. The molecule has 0 amide bonds. The summed E-state index contributed by atoms with van der Waals surface area (Å²) >= 11 is 6.59. The van der Waals surface area contributed by atoms with Crippen molar-refractivity contribution in [3.63, 3.8) is 0 Å². The first-order valence-corrected chi connectivity index (χ1v) is 6.54. The van der Waals surface area contributed by atoms with Gasteiger partial charge in [0, 0.05) is 6.26 Å². The molecule has 0 aromatic carbocycles. The zero-order valence-electron chi connectivity index (χ0n) is 7.17. The molecule has 1 rings (SSSR count). The van der Waals surface area contributed by atoms with Crippen molar-refractivity contribution >= 4 is 32.8 Å². The van der Waals surface area contributed by atoms with Crippen LogP contribution in [0.25, 0.3) is 0 Å². The molecule has 12 heavy (non-hydrogen) atoms. The fourth-order valence-corrected chi connectivity index (χ4v) is 2.60. The van der Waals surface area contributed by atoms with Crippen molar-refractivity contribution in [3.05, 3.63) is 16.5 Å². The Balaban J connectivity index is 0.000000561.